The van der Waals surface area contributed by atoms with E-state index in [0.717, 1.165) is 11.4 Å². The summed E-state index contributed by atoms with van der Waals surface area (Å²) in [6.07, 6.45) is 2.20. The smallest absolute Gasteiger partial charge is 0.224 e. The summed E-state index contributed by atoms with van der Waals surface area (Å²) < 4.78 is 7.99. The van der Waals surface area contributed by atoms with Crippen LogP contribution in [-0.4, -0.2) is 27.7 Å². The van der Waals surface area contributed by atoms with Crippen LogP contribution in [0.1, 0.15) is 68.0 Å². The van der Waals surface area contributed by atoms with Crippen molar-refractivity contribution in [3.05, 3.63) is 71.3 Å². The Kier molecular flexibility index (Phi) is 7.12. The number of hydrogen-bond acceptors (Lipinski definition) is 4. The van der Waals surface area contributed by atoms with Crippen molar-refractivity contribution in [1.29, 1.82) is 0 Å². The summed E-state index contributed by atoms with van der Waals surface area (Å²) in [5.74, 6) is 0.517. The molecule has 0 saturated carbocycles. The summed E-state index contributed by atoms with van der Waals surface area (Å²) in [5.41, 5.74) is 6.06. The maximum Gasteiger partial charge on any atom is 0.224 e. The topological polar surface area (TPSA) is 71.4 Å². The summed E-state index contributed by atoms with van der Waals surface area (Å²) in [4.78, 5) is 18.8. The van der Waals surface area contributed by atoms with Gasteiger partial charge in [0.1, 0.15) is 5.75 Å². The lowest BCUT2D eigenvalue weighted by Gasteiger charge is -2.29. The molecule has 1 amide bonds. The average molecular weight is 492 g/mol. The molecule has 2 aromatic heterocycles. The number of amides is 1. The summed E-state index contributed by atoms with van der Waals surface area (Å²) in [7, 11) is 1.60. The predicted octanol–water partition coefficient (Wildman–Crippen LogP) is 5.62. The zero-order valence-corrected chi connectivity index (χ0v) is 21.9. The largest absolute Gasteiger partial charge is 0.494 e. The van der Waals surface area contributed by atoms with Crippen molar-refractivity contribution in [2.45, 2.75) is 59.2 Å². The highest BCUT2D eigenvalue weighted by Gasteiger charge is 2.42. The van der Waals surface area contributed by atoms with E-state index >= 15 is 0 Å². The number of carbonyl (C=O) groups excluding carboxylic acids is 1. The molecule has 0 aliphatic carbocycles. The van der Waals surface area contributed by atoms with Crippen LogP contribution in [0.3, 0.4) is 0 Å². The second-order valence-electron chi connectivity index (χ2n) is 9.07. The molecule has 2 atom stereocenters. The van der Waals surface area contributed by atoms with E-state index in [1.165, 1.54) is 17.0 Å². The summed E-state index contributed by atoms with van der Waals surface area (Å²) >= 11 is 5.88. The van der Waals surface area contributed by atoms with Crippen LogP contribution in [-0.2, 0) is 4.79 Å². The third-order valence-corrected chi connectivity index (χ3v) is 6.83. The van der Waals surface area contributed by atoms with Gasteiger partial charge in [0.2, 0.25) is 5.91 Å². The summed E-state index contributed by atoms with van der Waals surface area (Å²) in [6, 6.07) is 14.1. The SMILES string of the molecule is CCC(=O)Nc1ccc(N2C(=S)N[C@H](c3ccccn3)[C@@H]2c2cc(C)n(C(C)C)c2C)cc1OC. The fourth-order valence-electron chi connectivity index (χ4n) is 5.02. The number of rotatable bonds is 7. The number of thiocarbonyl (C=S) groups is 1. The number of anilines is 2. The van der Waals surface area contributed by atoms with E-state index in [2.05, 4.69) is 58.8 Å². The van der Waals surface area contributed by atoms with Crippen molar-refractivity contribution in [3.63, 3.8) is 0 Å². The maximum absolute atomic E-state index is 12.0. The molecule has 184 valence electrons. The van der Waals surface area contributed by atoms with Crippen LogP contribution in [0, 0.1) is 13.8 Å². The summed E-state index contributed by atoms with van der Waals surface area (Å²) in [6.45, 7) is 10.5. The molecule has 0 bridgehead atoms. The number of ether oxygens (including phenoxy) is 1. The average Bonchev–Trinajstić information content (AvgIpc) is 3.34. The third-order valence-electron chi connectivity index (χ3n) is 6.52. The molecule has 7 nitrogen and oxygen atoms in total. The molecule has 35 heavy (non-hydrogen) atoms. The van der Waals surface area contributed by atoms with Crippen LogP contribution in [0.15, 0.2) is 48.7 Å². The van der Waals surface area contributed by atoms with Gasteiger partial charge >= 0.3 is 0 Å². The van der Waals surface area contributed by atoms with Crippen LogP contribution in [0.2, 0.25) is 0 Å². The molecule has 0 radical (unpaired) electrons. The normalized spacial score (nSPS) is 17.6. The Morgan fingerprint density at radius 3 is 2.60 bits per heavy atom. The molecule has 1 aliphatic rings. The number of aryl methyl sites for hydroxylation is 1. The minimum atomic E-state index is -0.129. The molecule has 1 aliphatic heterocycles. The Bertz CT molecular complexity index is 1240. The van der Waals surface area contributed by atoms with Gasteiger partial charge in [-0.2, -0.15) is 0 Å². The highest BCUT2D eigenvalue weighted by molar-refractivity contribution is 7.80. The van der Waals surface area contributed by atoms with Crippen LogP contribution in [0.4, 0.5) is 11.4 Å². The first-order valence-corrected chi connectivity index (χ1v) is 12.3. The standard InChI is InChI=1S/C27H33N5O2S/c1-7-24(33)29-21-12-11-19(15-23(21)34-6)32-26(20-14-17(4)31(16(2)3)18(20)5)25(30-27(32)35)22-10-8-9-13-28-22/h8-16,25-26H,7H2,1-6H3,(H,29,33)(H,30,35)/t25-,26+/m1/s1. The maximum atomic E-state index is 12.0. The van der Waals surface area contributed by atoms with Crippen molar-refractivity contribution < 1.29 is 9.53 Å². The molecule has 3 aromatic rings. The Balaban J connectivity index is 1.85. The van der Waals surface area contributed by atoms with Gasteiger partial charge in [0.15, 0.2) is 5.11 Å². The van der Waals surface area contributed by atoms with E-state index in [0.29, 0.717) is 29.0 Å². The molecule has 3 heterocycles. The molecule has 8 heteroatoms. The van der Waals surface area contributed by atoms with Crippen molar-refractivity contribution in [2.24, 2.45) is 0 Å². The van der Waals surface area contributed by atoms with Crippen molar-refractivity contribution in [3.8, 4) is 5.75 Å². The Labute approximate surface area is 212 Å². The van der Waals surface area contributed by atoms with Crippen molar-refractivity contribution >= 4 is 34.6 Å². The van der Waals surface area contributed by atoms with E-state index in [9.17, 15) is 4.79 Å². The Hall–Kier alpha value is -3.39. The molecule has 0 unspecified atom stereocenters. The van der Waals surface area contributed by atoms with E-state index in [4.69, 9.17) is 17.0 Å². The zero-order chi connectivity index (χ0) is 25.3. The Morgan fingerprint density at radius 1 is 1.23 bits per heavy atom. The summed E-state index contributed by atoms with van der Waals surface area (Å²) in [5, 5.41) is 7.04. The molecule has 1 fully saturated rings. The first-order valence-electron chi connectivity index (χ1n) is 11.9. The fraction of sp³-hybridized carbons (Fsp3) is 0.370. The minimum absolute atomic E-state index is 0.0661. The molecular formula is C27H33N5O2S. The van der Waals surface area contributed by atoms with E-state index in [-0.39, 0.29) is 18.0 Å². The first-order chi connectivity index (χ1) is 16.8. The van der Waals surface area contributed by atoms with Gasteiger partial charge in [-0.05, 0) is 75.8 Å². The van der Waals surface area contributed by atoms with Gasteiger partial charge in [-0.1, -0.05) is 13.0 Å². The first kappa shape index (κ1) is 24.7. The van der Waals surface area contributed by atoms with E-state index < -0.39 is 0 Å². The quantitative estimate of drug-likeness (QED) is 0.418. The van der Waals surface area contributed by atoms with Gasteiger partial charge in [-0.15, -0.1) is 0 Å². The zero-order valence-electron chi connectivity index (χ0n) is 21.1. The highest BCUT2D eigenvalue weighted by atomic mass is 32.1. The minimum Gasteiger partial charge on any atom is -0.494 e. The molecule has 4 rings (SSSR count). The number of nitrogens with one attached hydrogen (secondary N) is 2. The second-order valence-corrected chi connectivity index (χ2v) is 9.46. The fourth-order valence-corrected chi connectivity index (χ4v) is 5.36. The van der Waals surface area contributed by atoms with Crippen molar-refractivity contribution in [1.82, 2.24) is 14.9 Å². The van der Waals surface area contributed by atoms with Crippen LogP contribution >= 0.6 is 12.2 Å². The lowest BCUT2D eigenvalue weighted by Crippen LogP contribution is -2.29. The van der Waals surface area contributed by atoms with Gasteiger partial charge in [0.25, 0.3) is 0 Å². The van der Waals surface area contributed by atoms with Crippen LogP contribution in [0.5, 0.6) is 5.75 Å². The number of carbonyl (C=O) groups is 1. The molecule has 2 N–H and O–H groups in total. The van der Waals surface area contributed by atoms with Gasteiger partial charge in [-0.25, -0.2) is 0 Å². The number of nitrogens with zero attached hydrogens (tertiary/aromatic N) is 3. The third kappa shape index (κ3) is 4.62. The van der Waals surface area contributed by atoms with Crippen LogP contribution < -0.4 is 20.3 Å². The number of hydrogen-bond donors (Lipinski definition) is 2. The van der Waals surface area contributed by atoms with Crippen molar-refractivity contribution in [2.75, 3.05) is 17.3 Å². The number of pyridine rings is 1. The lowest BCUT2D eigenvalue weighted by atomic mass is 9.96. The number of benzene rings is 1. The monoisotopic (exact) mass is 491 g/mol. The molecule has 1 aromatic carbocycles. The highest BCUT2D eigenvalue weighted by Crippen LogP contribution is 2.45. The number of aromatic nitrogens is 2. The second kappa shape index (κ2) is 10.1. The molecular weight excluding hydrogens is 458 g/mol. The lowest BCUT2D eigenvalue weighted by molar-refractivity contribution is -0.115. The van der Waals surface area contributed by atoms with Gasteiger partial charge < -0.3 is 24.8 Å². The Morgan fingerprint density at radius 2 is 2.00 bits per heavy atom. The molecule has 1 saturated heterocycles. The van der Waals surface area contributed by atoms with E-state index in [1.54, 1.807) is 7.11 Å². The van der Waals surface area contributed by atoms with Gasteiger partial charge in [-0.3, -0.25) is 9.78 Å². The van der Waals surface area contributed by atoms with Gasteiger partial charge in [0.05, 0.1) is 30.6 Å². The predicted molar refractivity (Wildman–Crippen MR) is 144 cm³/mol. The van der Waals surface area contributed by atoms with Crippen LogP contribution in [0.25, 0.3) is 0 Å². The number of methoxy groups -OCH3 is 1. The molecule has 0 spiro atoms. The van der Waals surface area contributed by atoms with Gasteiger partial charge in [0, 0.05) is 41.8 Å². The van der Waals surface area contributed by atoms with E-state index in [1.807, 2.05) is 49.5 Å².